The van der Waals surface area contributed by atoms with Gasteiger partial charge in [0.15, 0.2) is 0 Å². The van der Waals surface area contributed by atoms with Crippen LogP contribution in [0.2, 0.25) is 0 Å². The van der Waals surface area contributed by atoms with Crippen molar-refractivity contribution >= 4 is 0 Å². The summed E-state index contributed by atoms with van der Waals surface area (Å²) in [5.74, 6) is 0.556. The summed E-state index contributed by atoms with van der Waals surface area (Å²) in [6.45, 7) is 10.3. The SMILES string of the molecule is Cc1cccc(C(OCCOCC(C)C)C(C)N)c1. The van der Waals surface area contributed by atoms with Gasteiger partial charge >= 0.3 is 0 Å². The summed E-state index contributed by atoms with van der Waals surface area (Å²) in [6, 6.07) is 8.28. The number of nitrogens with two attached hydrogens (primary N) is 1. The second-order valence-electron chi connectivity index (χ2n) is 5.53. The fourth-order valence-electron chi connectivity index (χ4n) is 1.95. The van der Waals surface area contributed by atoms with Crippen LogP contribution in [-0.2, 0) is 9.47 Å². The number of rotatable bonds is 8. The first-order chi connectivity index (χ1) is 9.00. The minimum atomic E-state index is -0.0671. The van der Waals surface area contributed by atoms with Crippen molar-refractivity contribution in [2.24, 2.45) is 11.7 Å². The van der Waals surface area contributed by atoms with Crippen molar-refractivity contribution in [2.75, 3.05) is 19.8 Å². The lowest BCUT2D eigenvalue weighted by atomic mass is 10.0. The van der Waals surface area contributed by atoms with E-state index in [1.54, 1.807) is 0 Å². The van der Waals surface area contributed by atoms with Crippen LogP contribution < -0.4 is 5.73 Å². The van der Waals surface area contributed by atoms with Gasteiger partial charge in [0, 0.05) is 12.6 Å². The summed E-state index contributed by atoms with van der Waals surface area (Å²) >= 11 is 0. The molecule has 1 aromatic rings. The van der Waals surface area contributed by atoms with E-state index in [2.05, 4.69) is 39.0 Å². The van der Waals surface area contributed by atoms with E-state index >= 15 is 0 Å². The Morgan fingerprint density at radius 1 is 1.16 bits per heavy atom. The molecule has 2 N–H and O–H groups in total. The molecule has 108 valence electrons. The minimum Gasteiger partial charge on any atom is -0.379 e. The Bertz CT molecular complexity index is 364. The third-order valence-electron chi connectivity index (χ3n) is 2.82. The highest BCUT2D eigenvalue weighted by atomic mass is 16.5. The average molecular weight is 265 g/mol. The summed E-state index contributed by atoms with van der Waals surface area (Å²) in [4.78, 5) is 0. The highest BCUT2D eigenvalue weighted by Crippen LogP contribution is 2.21. The molecule has 0 spiro atoms. The Labute approximate surface area is 117 Å². The second kappa shape index (κ2) is 8.31. The van der Waals surface area contributed by atoms with E-state index < -0.39 is 0 Å². The molecule has 0 aliphatic heterocycles. The predicted octanol–water partition coefficient (Wildman–Crippen LogP) is 3.07. The van der Waals surface area contributed by atoms with Crippen LogP contribution in [0.3, 0.4) is 0 Å². The molecule has 0 saturated heterocycles. The van der Waals surface area contributed by atoms with Crippen LogP contribution in [0.5, 0.6) is 0 Å². The molecule has 0 saturated carbocycles. The number of aryl methyl sites for hydroxylation is 1. The molecule has 0 amide bonds. The van der Waals surface area contributed by atoms with Crippen LogP contribution in [0, 0.1) is 12.8 Å². The van der Waals surface area contributed by atoms with Gasteiger partial charge in [-0.15, -0.1) is 0 Å². The Morgan fingerprint density at radius 2 is 1.89 bits per heavy atom. The van der Waals surface area contributed by atoms with E-state index in [9.17, 15) is 0 Å². The van der Waals surface area contributed by atoms with Crippen LogP contribution in [-0.4, -0.2) is 25.9 Å². The Morgan fingerprint density at radius 3 is 2.47 bits per heavy atom. The lowest BCUT2D eigenvalue weighted by molar-refractivity contribution is -0.00959. The fourth-order valence-corrected chi connectivity index (χ4v) is 1.95. The van der Waals surface area contributed by atoms with Gasteiger partial charge in [-0.3, -0.25) is 0 Å². The number of ether oxygens (including phenoxy) is 2. The number of benzene rings is 1. The minimum absolute atomic E-state index is 0.0353. The van der Waals surface area contributed by atoms with Crippen LogP contribution in [0.1, 0.15) is 38.0 Å². The average Bonchev–Trinajstić information content (AvgIpc) is 2.32. The molecule has 0 bridgehead atoms. The summed E-state index contributed by atoms with van der Waals surface area (Å²) in [7, 11) is 0. The molecular formula is C16H27NO2. The Kier molecular flexibility index (Phi) is 7.06. The first kappa shape index (κ1) is 16.2. The maximum atomic E-state index is 6.02. The van der Waals surface area contributed by atoms with Crippen molar-refractivity contribution < 1.29 is 9.47 Å². The van der Waals surface area contributed by atoms with Gasteiger partial charge in [-0.1, -0.05) is 43.7 Å². The van der Waals surface area contributed by atoms with Crippen LogP contribution in [0.25, 0.3) is 0 Å². The Balaban J connectivity index is 2.46. The molecule has 1 rings (SSSR count). The zero-order valence-electron chi connectivity index (χ0n) is 12.6. The summed E-state index contributed by atoms with van der Waals surface area (Å²) < 4.78 is 11.4. The lowest BCUT2D eigenvalue weighted by Gasteiger charge is -2.22. The van der Waals surface area contributed by atoms with Crippen LogP contribution in [0.4, 0.5) is 0 Å². The third-order valence-corrected chi connectivity index (χ3v) is 2.82. The highest BCUT2D eigenvalue weighted by Gasteiger charge is 2.16. The maximum absolute atomic E-state index is 6.02. The van der Waals surface area contributed by atoms with Gasteiger partial charge in [0.05, 0.1) is 19.3 Å². The van der Waals surface area contributed by atoms with E-state index in [1.165, 1.54) is 5.56 Å². The maximum Gasteiger partial charge on any atom is 0.0974 e. The monoisotopic (exact) mass is 265 g/mol. The quantitative estimate of drug-likeness (QED) is 0.735. The van der Waals surface area contributed by atoms with Gasteiger partial charge in [-0.05, 0) is 25.3 Å². The van der Waals surface area contributed by atoms with Crippen molar-refractivity contribution in [3.8, 4) is 0 Å². The van der Waals surface area contributed by atoms with Crippen molar-refractivity contribution in [3.05, 3.63) is 35.4 Å². The standard InChI is InChI=1S/C16H27NO2/c1-12(2)11-18-8-9-19-16(14(4)17)15-7-5-6-13(3)10-15/h5-7,10,12,14,16H,8-9,11,17H2,1-4H3. The third kappa shape index (κ3) is 6.19. The summed E-state index contributed by atoms with van der Waals surface area (Å²) in [5, 5.41) is 0. The molecule has 2 unspecified atom stereocenters. The molecular weight excluding hydrogens is 238 g/mol. The zero-order chi connectivity index (χ0) is 14.3. The largest absolute Gasteiger partial charge is 0.379 e. The molecule has 2 atom stereocenters. The molecule has 1 aromatic carbocycles. The Hall–Kier alpha value is -0.900. The van der Waals surface area contributed by atoms with Crippen molar-refractivity contribution in [1.29, 1.82) is 0 Å². The molecule has 3 heteroatoms. The zero-order valence-corrected chi connectivity index (χ0v) is 12.6. The topological polar surface area (TPSA) is 44.5 Å². The first-order valence-electron chi connectivity index (χ1n) is 7.02. The van der Waals surface area contributed by atoms with Crippen molar-refractivity contribution in [1.82, 2.24) is 0 Å². The van der Waals surface area contributed by atoms with E-state index in [0.29, 0.717) is 19.1 Å². The van der Waals surface area contributed by atoms with E-state index in [-0.39, 0.29) is 12.1 Å². The van der Waals surface area contributed by atoms with Crippen LogP contribution >= 0.6 is 0 Å². The van der Waals surface area contributed by atoms with Gasteiger partial charge in [0.1, 0.15) is 0 Å². The molecule has 0 fully saturated rings. The molecule has 0 aliphatic rings. The van der Waals surface area contributed by atoms with Crippen molar-refractivity contribution in [2.45, 2.75) is 39.8 Å². The summed E-state index contributed by atoms with van der Waals surface area (Å²) in [5.41, 5.74) is 8.38. The lowest BCUT2D eigenvalue weighted by Crippen LogP contribution is -2.28. The van der Waals surface area contributed by atoms with Gasteiger partial charge in [-0.25, -0.2) is 0 Å². The van der Waals surface area contributed by atoms with Crippen molar-refractivity contribution in [3.63, 3.8) is 0 Å². The number of hydrogen-bond acceptors (Lipinski definition) is 3. The van der Waals surface area contributed by atoms with Gasteiger partial charge < -0.3 is 15.2 Å². The van der Waals surface area contributed by atoms with Gasteiger partial charge in [-0.2, -0.15) is 0 Å². The van der Waals surface area contributed by atoms with Gasteiger partial charge in [0.25, 0.3) is 0 Å². The molecule has 0 heterocycles. The summed E-state index contributed by atoms with van der Waals surface area (Å²) in [6.07, 6.45) is -0.0671. The van der Waals surface area contributed by atoms with E-state index in [4.69, 9.17) is 15.2 Å². The molecule has 0 aliphatic carbocycles. The van der Waals surface area contributed by atoms with E-state index in [0.717, 1.165) is 12.2 Å². The second-order valence-corrected chi connectivity index (χ2v) is 5.53. The fraction of sp³-hybridized carbons (Fsp3) is 0.625. The molecule has 0 aromatic heterocycles. The molecule has 3 nitrogen and oxygen atoms in total. The first-order valence-corrected chi connectivity index (χ1v) is 7.02. The van der Waals surface area contributed by atoms with Crippen LogP contribution in [0.15, 0.2) is 24.3 Å². The van der Waals surface area contributed by atoms with E-state index in [1.807, 2.05) is 13.0 Å². The smallest absolute Gasteiger partial charge is 0.0974 e. The number of hydrogen-bond donors (Lipinski definition) is 1. The molecule has 0 radical (unpaired) electrons. The van der Waals surface area contributed by atoms with Gasteiger partial charge in [0.2, 0.25) is 0 Å². The highest BCUT2D eigenvalue weighted by molar-refractivity contribution is 5.25. The normalized spacial score (nSPS) is 14.6. The molecule has 19 heavy (non-hydrogen) atoms. The predicted molar refractivity (Wildman–Crippen MR) is 79.2 cm³/mol.